The summed E-state index contributed by atoms with van der Waals surface area (Å²) < 4.78 is 29.4. The lowest BCUT2D eigenvalue weighted by Gasteiger charge is -2.30. The fourth-order valence-corrected chi connectivity index (χ4v) is 6.13. The van der Waals surface area contributed by atoms with Gasteiger partial charge in [0.15, 0.2) is 0 Å². The molecule has 8 nitrogen and oxygen atoms in total. The van der Waals surface area contributed by atoms with Crippen molar-refractivity contribution in [2.24, 2.45) is 5.92 Å². The van der Waals surface area contributed by atoms with Gasteiger partial charge in [-0.3, -0.25) is 4.79 Å². The molecule has 0 aromatic heterocycles. The summed E-state index contributed by atoms with van der Waals surface area (Å²) in [6, 6.07) is 12.2. The van der Waals surface area contributed by atoms with Crippen LogP contribution in [0, 0.1) is 12.8 Å². The molecule has 1 saturated carbocycles. The average molecular weight is 601 g/mol. The number of rotatable bonds is 14. The van der Waals surface area contributed by atoms with Crippen LogP contribution >= 0.6 is 0 Å². The highest BCUT2D eigenvalue weighted by atomic mass is 32.2. The maximum atomic E-state index is 13.4. The summed E-state index contributed by atoms with van der Waals surface area (Å²) in [7, 11) is -3.38. The monoisotopic (exact) mass is 600 g/mol. The van der Waals surface area contributed by atoms with E-state index >= 15 is 0 Å². The molecule has 1 amide bonds. The van der Waals surface area contributed by atoms with Crippen molar-refractivity contribution >= 4 is 21.7 Å². The molecule has 0 bridgehead atoms. The molecule has 1 aliphatic carbocycles. The minimum atomic E-state index is -3.38. The second-order valence-electron chi connectivity index (χ2n) is 12.7. The van der Waals surface area contributed by atoms with E-state index in [4.69, 9.17) is 4.74 Å². The first-order valence-electron chi connectivity index (χ1n) is 15.0. The van der Waals surface area contributed by atoms with Crippen molar-refractivity contribution in [3.05, 3.63) is 59.2 Å². The number of carbonyl (C=O) groups is 2. The summed E-state index contributed by atoms with van der Waals surface area (Å²) in [5.41, 5.74) is 3.68. The van der Waals surface area contributed by atoms with E-state index in [1.807, 2.05) is 43.3 Å². The maximum absolute atomic E-state index is 13.4. The van der Waals surface area contributed by atoms with Gasteiger partial charge in [-0.15, -0.1) is 0 Å². The van der Waals surface area contributed by atoms with Crippen molar-refractivity contribution in [2.45, 2.75) is 96.9 Å². The number of ether oxygens (including phenoxy) is 1. The van der Waals surface area contributed by atoms with Crippen molar-refractivity contribution in [3.63, 3.8) is 0 Å². The fourth-order valence-electron chi connectivity index (χ4n) is 5.47. The van der Waals surface area contributed by atoms with E-state index in [2.05, 4.69) is 31.4 Å². The predicted molar refractivity (Wildman–Crippen MR) is 167 cm³/mol. The standard InChI is InChI=1S/C33H48N2O6S/c1-23-11-9-10-14-27(23)29-20-25(15-16-28(29)31(36)35-30(32(37)38)17-18-42(5,39)40)21-34-26(22-41-33(2,3)4)19-24-12-7-6-8-13-24/h9-11,14-16,20,24,26,30,34H,6-8,12-13,17-19,21-22H2,1-5H3,(H,35,36)(H,37,38). The largest absolute Gasteiger partial charge is 0.480 e. The Labute approximate surface area is 251 Å². The molecule has 0 radical (unpaired) electrons. The topological polar surface area (TPSA) is 122 Å². The van der Waals surface area contributed by atoms with Crippen LogP contribution in [0.1, 0.15) is 87.2 Å². The van der Waals surface area contributed by atoms with E-state index < -0.39 is 27.8 Å². The number of benzene rings is 2. The molecule has 1 fully saturated rings. The summed E-state index contributed by atoms with van der Waals surface area (Å²) in [5, 5.41) is 15.9. The van der Waals surface area contributed by atoms with Crippen molar-refractivity contribution in [1.82, 2.24) is 10.6 Å². The SMILES string of the molecule is Cc1ccccc1-c1cc(CNC(COC(C)(C)C)CC2CCCCC2)ccc1C(=O)NC(CCS(C)(=O)=O)C(=O)O. The van der Waals surface area contributed by atoms with Gasteiger partial charge >= 0.3 is 5.97 Å². The first kappa shape index (κ1) is 33.7. The third-order valence-electron chi connectivity index (χ3n) is 7.80. The second kappa shape index (κ2) is 15.1. The Morgan fingerprint density at radius 2 is 1.74 bits per heavy atom. The summed E-state index contributed by atoms with van der Waals surface area (Å²) in [5.74, 6) is -1.46. The van der Waals surface area contributed by atoms with E-state index in [-0.39, 0.29) is 23.8 Å². The Balaban J connectivity index is 1.85. The zero-order valence-corrected chi connectivity index (χ0v) is 26.6. The quantitative estimate of drug-likeness (QED) is 0.261. The Kier molecular flexibility index (Phi) is 12.1. The number of carboxylic acid groups (broad SMARTS) is 1. The van der Waals surface area contributed by atoms with E-state index in [1.54, 1.807) is 6.07 Å². The molecule has 2 atom stereocenters. The smallest absolute Gasteiger partial charge is 0.326 e. The third kappa shape index (κ3) is 11.2. The average Bonchev–Trinajstić information content (AvgIpc) is 2.92. The van der Waals surface area contributed by atoms with Gasteiger partial charge < -0.3 is 20.5 Å². The van der Waals surface area contributed by atoms with E-state index in [0.717, 1.165) is 29.4 Å². The molecule has 3 N–H and O–H groups in total. The van der Waals surface area contributed by atoms with Crippen LogP contribution < -0.4 is 10.6 Å². The molecule has 0 heterocycles. The summed E-state index contributed by atoms with van der Waals surface area (Å²) in [6.45, 7) is 9.39. The molecule has 3 rings (SSSR count). The van der Waals surface area contributed by atoms with Gasteiger partial charge in [-0.1, -0.05) is 62.4 Å². The lowest BCUT2D eigenvalue weighted by molar-refractivity contribution is -0.139. The Morgan fingerprint density at radius 1 is 1.05 bits per heavy atom. The number of hydrogen-bond donors (Lipinski definition) is 3. The molecule has 1 aliphatic rings. The molecule has 0 saturated heterocycles. The van der Waals surface area contributed by atoms with Crippen LogP contribution in [0.2, 0.25) is 0 Å². The highest BCUT2D eigenvalue weighted by Gasteiger charge is 2.25. The van der Waals surface area contributed by atoms with Crippen molar-refractivity contribution in [2.75, 3.05) is 18.6 Å². The molecular formula is C33H48N2O6S. The van der Waals surface area contributed by atoms with Gasteiger partial charge in [-0.2, -0.15) is 0 Å². The number of aryl methyl sites for hydroxylation is 1. The zero-order valence-electron chi connectivity index (χ0n) is 25.7. The minimum absolute atomic E-state index is 0.198. The normalized spacial score (nSPS) is 16.1. The van der Waals surface area contributed by atoms with Gasteiger partial charge in [0.05, 0.1) is 18.0 Å². The highest BCUT2D eigenvalue weighted by Crippen LogP contribution is 2.30. The number of carboxylic acids is 1. The number of amides is 1. The molecule has 232 valence electrons. The van der Waals surface area contributed by atoms with E-state index in [9.17, 15) is 23.1 Å². The Hall–Kier alpha value is -2.75. The molecule has 2 aromatic rings. The van der Waals surface area contributed by atoms with Crippen LogP contribution in [-0.4, -0.2) is 61.7 Å². The zero-order chi connectivity index (χ0) is 30.9. The van der Waals surface area contributed by atoms with Crippen LogP contribution in [0.3, 0.4) is 0 Å². The summed E-state index contributed by atoms with van der Waals surface area (Å²) >= 11 is 0. The van der Waals surface area contributed by atoms with Crippen molar-refractivity contribution < 1.29 is 27.9 Å². The fraction of sp³-hybridized carbons (Fsp3) is 0.576. The first-order chi connectivity index (χ1) is 19.7. The molecule has 9 heteroatoms. The highest BCUT2D eigenvalue weighted by molar-refractivity contribution is 7.90. The van der Waals surface area contributed by atoms with Gasteiger partial charge in [0.2, 0.25) is 0 Å². The molecule has 0 aliphatic heterocycles. The molecular weight excluding hydrogens is 552 g/mol. The molecule has 2 unspecified atom stereocenters. The number of hydrogen-bond acceptors (Lipinski definition) is 6. The van der Waals surface area contributed by atoms with Gasteiger partial charge in [0, 0.05) is 24.4 Å². The maximum Gasteiger partial charge on any atom is 0.326 e. The van der Waals surface area contributed by atoms with Crippen LogP contribution in [0.15, 0.2) is 42.5 Å². The van der Waals surface area contributed by atoms with Crippen LogP contribution in [0.4, 0.5) is 0 Å². The van der Waals surface area contributed by atoms with Gasteiger partial charge in [0.1, 0.15) is 15.9 Å². The number of sulfone groups is 1. The van der Waals surface area contributed by atoms with Gasteiger partial charge in [0.25, 0.3) is 5.91 Å². The summed E-state index contributed by atoms with van der Waals surface area (Å²) in [4.78, 5) is 25.2. The minimum Gasteiger partial charge on any atom is -0.480 e. The summed E-state index contributed by atoms with van der Waals surface area (Å²) in [6.07, 6.45) is 8.32. The van der Waals surface area contributed by atoms with E-state index in [0.29, 0.717) is 30.2 Å². The second-order valence-corrected chi connectivity index (χ2v) is 15.0. The number of carbonyl (C=O) groups excluding carboxylic acids is 1. The molecule has 42 heavy (non-hydrogen) atoms. The molecule has 2 aromatic carbocycles. The van der Waals surface area contributed by atoms with Crippen LogP contribution in [-0.2, 0) is 25.9 Å². The number of nitrogens with one attached hydrogen (secondary N) is 2. The van der Waals surface area contributed by atoms with Crippen molar-refractivity contribution in [3.8, 4) is 11.1 Å². The van der Waals surface area contributed by atoms with Gasteiger partial charge in [-0.25, -0.2) is 13.2 Å². The Morgan fingerprint density at radius 3 is 2.36 bits per heavy atom. The van der Waals surface area contributed by atoms with Crippen LogP contribution in [0.5, 0.6) is 0 Å². The lowest BCUT2D eigenvalue weighted by atomic mass is 9.85. The van der Waals surface area contributed by atoms with E-state index in [1.165, 1.54) is 32.1 Å². The van der Waals surface area contributed by atoms with Crippen LogP contribution in [0.25, 0.3) is 11.1 Å². The third-order valence-corrected chi connectivity index (χ3v) is 8.78. The number of aliphatic carboxylic acids is 1. The first-order valence-corrected chi connectivity index (χ1v) is 17.1. The lowest BCUT2D eigenvalue weighted by Crippen LogP contribution is -2.42. The predicted octanol–water partition coefficient (Wildman–Crippen LogP) is 5.52. The van der Waals surface area contributed by atoms with Crippen molar-refractivity contribution in [1.29, 1.82) is 0 Å². The van der Waals surface area contributed by atoms with Gasteiger partial charge in [-0.05, 0) is 80.8 Å². The molecule has 0 spiro atoms. The Bertz CT molecular complexity index is 1310.